The van der Waals surface area contributed by atoms with Crippen molar-refractivity contribution >= 4 is 17.7 Å². The van der Waals surface area contributed by atoms with Crippen LogP contribution in [-0.2, 0) is 0 Å². The molecule has 1 aromatic heterocycles. The van der Waals surface area contributed by atoms with Crippen LogP contribution in [0.3, 0.4) is 0 Å². The van der Waals surface area contributed by atoms with E-state index in [4.69, 9.17) is 5.11 Å². The molecule has 0 aliphatic carbocycles. The first-order valence-electron chi connectivity index (χ1n) is 6.66. The Kier molecular flexibility index (Phi) is 5.45. The highest BCUT2D eigenvalue weighted by atomic mass is 32.2. The lowest BCUT2D eigenvalue weighted by molar-refractivity contribution is 0.0715. The SMILES string of the molecule is CC1CSCCN1C(=O)c1cncc(C#CCCO)c1. The highest BCUT2D eigenvalue weighted by Crippen LogP contribution is 2.18. The number of carbonyl (C=O) groups excluding carboxylic acids is 1. The van der Waals surface area contributed by atoms with E-state index in [2.05, 4.69) is 23.7 Å². The van der Waals surface area contributed by atoms with Crippen molar-refractivity contribution < 1.29 is 9.90 Å². The van der Waals surface area contributed by atoms with Crippen LogP contribution in [-0.4, -0.2) is 51.6 Å². The van der Waals surface area contributed by atoms with Gasteiger partial charge in [-0.1, -0.05) is 11.8 Å². The van der Waals surface area contributed by atoms with Gasteiger partial charge in [0.05, 0.1) is 12.2 Å². The Labute approximate surface area is 123 Å². The quantitative estimate of drug-likeness (QED) is 0.836. The molecule has 0 bridgehead atoms. The van der Waals surface area contributed by atoms with E-state index in [1.807, 2.05) is 16.7 Å². The Morgan fingerprint density at radius 2 is 2.45 bits per heavy atom. The summed E-state index contributed by atoms with van der Waals surface area (Å²) in [5, 5.41) is 8.71. The number of aliphatic hydroxyl groups is 1. The van der Waals surface area contributed by atoms with E-state index >= 15 is 0 Å². The van der Waals surface area contributed by atoms with Gasteiger partial charge in [0.1, 0.15) is 0 Å². The van der Waals surface area contributed by atoms with Crippen molar-refractivity contribution in [1.82, 2.24) is 9.88 Å². The van der Waals surface area contributed by atoms with Gasteiger partial charge in [-0.05, 0) is 13.0 Å². The highest BCUT2D eigenvalue weighted by molar-refractivity contribution is 7.99. The zero-order valence-electron chi connectivity index (χ0n) is 11.5. The summed E-state index contributed by atoms with van der Waals surface area (Å²) in [7, 11) is 0. The normalized spacial score (nSPS) is 18.3. The number of amides is 1. The van der Waals surface area contributed by atoms with E-state index in [9.17, 15) is 4.79 Å². The van der Waals surface area contributed by atoms with Crippen LogP contribution in [0.15, 0.2) is 18.5 Å². The van der Waals surface area contributed by atoms with Gasteiger partial charge in [0.15, 0.2) is 0 Å². The topological polar surface area (TPSA) is 53.4 Å². The molecule has 1 N–H and O–H groups in total. The van der Waals surface area contributed by atoms with Gasteiger partial charge in [-0.25, -0.2) is 0 Å². The van der Waals surface area contributed by atoms with E-state index in [1.54, 1.807) is 18.5 Å². The fourth-order valence-electron chi connectivity index (χ4n) is 2.04. The maximum atomic E-state index is 12.5. The maximum Gasteiger partial charge on any atom is 0.255 e. The van der Waals surface area contributed by atoms with Crippen LogP contribution in [0.1, 0.15) is 29.3 Å². The summed E-state index contributed by atoms with van der Waals surface area (Å²) in [6.07, 6.45) is 3.66. The number of rotatable bonds is 2. The molecule has 1 saturated heterocycles. The molecule has 2 rings (SSSR count). The molecular weight excluding hydrogens is 272 g/mol. The third kappa shape index (κ3) is 3.75. The molecule has 1 amide bonds. The summed E-state index contributed by atoms with van der Waals surface area (Å²) < 4.78 is 0. The molecule has 0 spiro atoms. The van der Waals surface area contributed by atoms with Crippen LogP contribution in [0.2, 0.25) is 0 Å². The predicted molar refractivity (Wildman–Crippen MR) is 80.6 cm³/mol. The number of hydrogen-bond donors (Lipinski definition) is 1. The van der Waals surface area contributed by atoms with E-state index in [-0.39, 0.29) is 18.6 Å². The molecule has 1 fully saturated rings. The second kappa shape index (κ2) is 7.32. The molecular formula is C15H18N2O2S. The number of hydrogen-bond acceptors (Lipinski definition) is 4. The van der Waals surface area contributed by atoms with Crippen molar-refractivity contribution in [1.29, 1.82) is 0 Å². The molecule has 106 valence electrons. The third-order valence-electron chi connectivity index (χ3n) is 3.08. The summed E-state index contributed by atoms with van der Waals surface area (Å²) >= 11 is 1.88. The number of nitrogens with zero attached hydrogens (tertiary/aromatic N) is 2. The monoisotopic (exact) mass is 290 g/mol. The molecule has 1 aliphatic rings. The Bertz CT molecular complexity index is 536. The van der Waals surface area contributed by atoms with Gasteiger partial charge in [-0.3, -0.25) is 9.78 Å². The smallest absolute Gasteiger partial charge is 0.255 e. The van der Waals surface area contributed by atoms with E-state index in [0.29, 0.717) is 17.5 Å². The largest absolute Gasteiger partial charge is 0.395 e. The molecule has 1 unspecified atom stereocenters. The molecule has 4 nitrogen and oxygen atoms in total. The van der Waals surface area contributed by atoms with Crippen LogP contribution in [0.5, 0.6) is 0 Å². The molecule has 2 heterocycles. The fraction of sp³-hybridized carbons (Fsp3) is 0.467. The van der Waals surface area contributed by atoms with Crippen molar-refractivity contribution in [2.75, 3.05) is 24.7 Å². The highest BCUT2D eigenvalue weighted by Gasteiger charge is 2.24. The van der Waals surface area contributed by atoms with Crippen molar-refractivity contribution in [2.24, 2.45) is 0 Å². The summed E-state index contributed by atoms with van der Waals surface area (Å²) in [6.45, 7) is 2.90. The average Bonchev–Trinajstić information content (AvgIpc) is 2.48. The van der Waals surface area contributed by atoms with Gasteiger partial charge in [0.2, 0.25) is 0 Å². The van der Waals surface area contributed by atoms with Gasteiger partial charge in [0.25, 0.3) is 5.91 Å². The molecule has 5 heteroatoms. The standard InChI is InChI=1S/C15H18N2O2S/c1-12-11-20-7-5-17(12)15(19)14-8-13(9-16-10-14)4-2-3-6-18/h8-10,12,18H,3,5-7,11H2,1H3. The van der Waals surface area contributed by atoms with Crippen LogP contribution < -0.4 is 0 Å². The van der Waals surface area contributed by atoms with Crippen LogP contribution >= 0.6 is 11.8 Å². The Morgan fingerprint density at radius 1 is 1.60 bits per heavy atom. The molecule has 0 radical (unpaired) electrons. The van der Waals surface area contributed by atoms with Gasteiger partial charge in [-0.15, -0.1) is 0 Å². The van der Waals surface area contributed by atoms with E-state index in [0.717, 1.165) is 18.1 Å². The zero-order chi connectivity index (χ0) is 14.4. The van der Waals surface area contributed by atoms with Crippen LogP contribution in [0.4, 0.5) is 0 Å². The molecule has 1 aliphatic heterocycles. The lowest BCUT2D eigenvalue weighted by Gasteiger charge is -2.33. The van der Waals surface area contributed by atoms with Gasteiger partial charge in [0, 0.05) is 48.5 Å². The first-order chi connectivity index (χ1) is 9.72. The number of thioether (sulfide) groups is 1. The van der Waals surface area contributed by atoms with Crippen molar-refractivity contribution in [3.05, 3.63) is 29.6 Å². The minimum absolute atomic E-state index is 0.0242. The molecule has 0 aromatic carbocycles. The lowest BCUT2D eigenvalue weighted by atomic mass is 10.1. The molecule has 1 aromatic rings. The second-order valence-corrected chi connectivity index (χ2v) is 5.81. The van der Waals surface area contributed by atoms with Gasteiger partial charge in [-0.2, -0.15) is 11.8 Å². The number of aromatic nitrogens is 1. The maximum absolute atomic E-state index is 12.5. The first-order valence-corrected chi connectivity index (χ1v) is 7.81. The van der Waals surface area contributed by atoms with Crippen molar-refractivity contribution in [3.8, 4) is 11.8 Å². The summed E-state index contributed by atoms with van der Waals surface area (Å²) in [6, 6.07) is 2.03. The first kappa shape index (κ1) is 14.9. The Hall–Kier alpha value is -1.51. The van der Waals surface area contributed by atoms with Crippen LogP contribution in [0.25, 0.3) is 0 Å². The Balaban J connectivity index is 2.14. The van der Waals surface area contributed by atoms with Crippen LogP contribution in [0, 0.1) is 11.8 Å². The predicted octanol–water partition coefficient (Wildman–Crippen LogP) is 1.39. The van der Waals surface area contributed by atoms with Crippen molar-refractivity contribution in [2.45, 2.75) is 19.4 Å². The number of pyridine rings is 1. The third-order valence-corrected chi connectivity index (χ3v) is 4.27. The molecule has 1 atom stereocenters. The molecule has 0 saturated carbocycles. The van der Waals surface area contributed by atoms with Crippen molar-refractivity contribution in [3.63, 3.8) is 0 Å². The average molecular weight is 290 g/mol. The summed E-state index contributed by atoms with van der Waals surface area (Å²) in [4.78, 5) is 18.5. The minimum atomic E-state index is 0.0242. The van der Waals surface area contributed by atoms with E-state index < -0.39 is 0 Å². The number of carbonyl (C=O) groups is 1. The van der Waals surface area contributed by atoms with Gasteiger partial charge < -0.3 is 10.0 Å². The fourth-order valence-corrected chi connectivity index (χ4v) is 3.05. The van der Waals surface area contributed by atoms with E-state index in [1.165, 1.54) is 0 Å². The van der Waals surface area contributed by atoms with Gasteiger partial charge >= 0.3 is 0 Å². The summed E-state index contributed by atoms with van der Waals surface area (Å²) in [5.41, 5.74) is 1.29. The molecule has 20 heavy (non-hydrogen) atoms. The lowest BCUT2D eigenvalue weighted by Crippen LogP contribution is -2.44. The zero-order valence-corrected chi connectivity index (χ0v) is 12.3. The second-order valence-electron chi connectivity index (χ2n) is 4.66. The minimum Gasteiger partial charge on any atom is -0.395 e. The Morgan fingerprint density at radius 3 is 3.20 bits per heavy atom. The summed E-state index contributed by atoms with van der Waals surface area (Å²) in [5.74, 6) is 7.74. The number of aliphatic hydroxyl groups excluding tert-OH is 1.